The van der Waals surface area contributed by atoms with Crippen LogP contribution in [-0.4, -0.2) is 19.6 Å². The van der Waals surface area contributed by atoms with Crippen LogP contribution in [0.3, 0.4) is 0 Å². The molecular weight excluding hydrogens is 304 g/mol. The normalized spacial score (nSPS) is 11.9. The van der Waals surface area contributed by atoms with Gasteiger partial charge in [-0.2, -0.15) is 22.7 Å². The van der Waals surface area contributed by atoms with Gasteiger partial charge >= 0.3 is 6.18 Å². The molecule has 0 unspecified atom stereocenters. The van der Waals surface area contributed by atoms with E-state index in [-0.39, 0.29) is 17.4 Å². The number of nitrogens with zero attached hydrogens (tertiary/aromatic N) is 4. The van der Waals surface area contributed by atoms with Gasteiger partial charge in [0.25, 0.3) is 11.6 Å². The number of alkyl halides is 3. The van der Waals surface area contributed by atoms with Crippen molar-refractivity contribution in [2.75, 3.05) is 0 Å². The zero-order valence-corrected chi connectivity index (χ0v) is 11.1. The summed E-state index contributed by atoms with van der Waals surface area (Å²) in [6, 6.07) is 6.86. The zero-order valence-electron chi connectivity index (χ0n) is 11.1. The molecule has 3 rings (SSSR count). The molecule has 0 amide bonds. The summed E-state index contributed by atoms with van der Waals surface area (Å²) in [7, 11) is 0. The molecule has 0 saturated carbocycles. The summed E-state index contributed by atoms with van der Waals surface area (Å²) >= 11 is 0. The Labute approximate surface area is 121 Å². The van der Waals surface area contributed by atoms with Gasteiger partial charge in [0.05, 0.1) is 0 Å². The maximum atomic E-state index is 13.6. The highest BCUT2D eigenvalue weighted by Crippen LogP contribution is 2.29. The van der Waals surface area contributed by atoms with Gasteiger partial charge in [-0.25, -0.2) is 9.37 Å². The van der Waals surface area contributed by atoms with E-state index in [4.69, 9.17) is 4.74 Å². The van der Waals surface area contributed by atoms with E-state index < -0.39 is 17.8 Å². The molecule has 0 bridgehead atoms. The van der Waals surface area contributed by atoms with Crippen molar-refractivity contribution in [1.29, 1.82) is 0 Å². The molecule has 5 nitrogen and oxygen atoms in total. The highest BCUT2D eigenvalue weighted by molar-refractivity contribution is 5.37. The maximum absolute atomic E-state index is 13.6. The first-order valence-electron chi connectivity index (χ1n) is 6.08. The third-order valence-corrected chi connectivity index (χ3v) is 2.71. The summed E-state index contributed by atoms with van der Waals surface area (Å²) < 4.78 is 57.7. The van der Waals surface area contributed by atoms with Crippen LogP contribution in [0, 0.1) is 12.7 Å². The third kappa shape index (κ3) is 2.57. The molecule has 2 aromatic heterocycles. The standard InChI is InChI=1S/C13H8F4N4O/c1-7-6-10(22-9-5-3-2-4-8(9)14)21-12(18-7)19-11(20-21)13(15,16)17/h2-6H,1H3. The van der Waals surface area contributed by atoms with Gasteiger partial charge < -0.3 is 4.74 Å². The van der Waals surface area contributed by atoms with Crippen molar-refractivity contribution in [1.82, 2.24) is 19.6 Å². The molecule has 114 valence electrons. The Morgan fingerprint density at radius 2 is 1.86 bits per heavy atom. The molecule has 0 spiro atoms. The second-order valence-corrected chi connectivity index (χ2v) is 4.41. The lowest BCUT2D eigenvalue weighted by atomic mass is 10.3. The highest BCUT2D eigenvalue weighted by atomic mass is 19.4. The van der Waals surface area contributed by atoms with Crippen LogP contribution < -0.4 is 4.74 Å². The van der Waals surface area contributed by atoms with E-state index in [2.05, 4.69) is 15.1 Å². The maximum Gasteiger partial charge on any atom is 0.453 e. The number of aromatic nitrogens is 4. The number of ether oxygens (including phenoxy) is 1. The molecule has 0 atom stereocenters. The minimum Gasteiger partial charge on any atom is -0.436 e. The molecule has 1 aromatic carbocycles. The molecule has 0 aliphatic heterocycles. The van der Waals surface area contributed by atoms with Crippen LogP contribution in [0.4, 0.5) is 17.6 Å². The molecule has 2 heterocycles. The van der Waals surface area contributed by atoms with Crippen LogP contribution in [0.5, 0.6) is 11.6 Å². The summed E-state index contributed by atoms with van der Waals surface area (Å²) in [6.45, 7) is 1.55. The fraction of sp³-hybridized carbons (Fsp3) is 0.154. The minimum atomic E-state index is -4.71. The summed E-state index contributed by atoms with van der Waals surface area (Å²) in [5.41, 5.74) is 0.361. The second kappa shape index (κ2) is 4.93. The quantitative estimate of drug-likeness (QED) is 0.681. The zero-order chi connectivity index (χ0) is 15.9. The van der Waals surface area contributed by atoms with Crippen molar-refractivity contribution < 1.29 is 22.3 Å². The van der Waals surface area contributed by atoms with Gasteiger partial charge in [-0.3, -0.25) is 0 Å². The average molecular weight is 312 g/mol. The largest absolute Gasteiger partial charge is 0.453 e. The van der Waals surface area contributed by atoms with Crippen molar-refractivity contribution in [3.63, 3.8) is 0 Å². The molecule has 0 radical (unpaired) electrons. The van der Waals surface area contributed by atoms with E-state index in [9.17, 15) is 17.6 Å². The first kappa shape index (κ1) is 14.2. The first-order valence-corrected chi connectivity index (χ1v) is 6.08. The van der Waals surface area contributed by atoms with Crippen LogP contribution in [0.2, 0.25) is 0 Å². The van der Waals surface area contributed by atoms with Crippen LogP contribution >= 0.6 is 0 Å². The lowest BCUT2D eigenvalue weighted by Crippen LogP contribution is -2.08. The van der Waals surface area contributed by atoms with Gasteiger partial charge in [-0.15, -0.1) is 5.10 Å². The SMILES string of the molecule is Cc1cc(Oc2ccccc2F)n2nc(C(F)(F)F)nc2n1. The molecule has 0 N–H and O–H groups in total. The fourth-order valence-corrected chi connectivity index (χ4v) is 1.79. The Balaban J connectivity index is 2.13. The molecule has 0 fully saturated rings. The lowest BCUT2D eigenvalue weighted by molar-refractivity contribution is -0.144. The molecule has 0 aliphatic rings. The third-order valence-electron chi connectivity index (χ3n) is 2.71. The number of rotatable bonds is 2. The second-order valence-electron chi connectivity index (χ2n) is 4.41. The Bertz CT molecular complexity index is 844. The van der Waals surface area contributed by atoms with Crippen molar-refractivity contribution in [2.45, 2.75) is 13.1 Å². The highest BCUT2D eigenvalue weighted by Gasteiger charge is 2.37. The monoisotopic (exact) mass is 312 g/mol. The molecular formula is C13H8F4N4O. The first-order chi connectivity index (χ1) is 10.3. The van der Waals surface area contributed by atoms with Crippen molar-refractivity contribution >= 4 is 5.78 Å². The number of hydrogen-bond donors (Lipinski definition) is 0. The Morgan fingerprint density at radius 3 is 2.55 bits per heavy atom. The topological polar surface area (TPSA) is 52.3 Å². The number of aryl methyl sites for hydroxylation is 1. The van der Waals surface area contributed by atoms with Crippen molar-refractivity contribution in [3.8, 4) is 11.6 Å². The van der Waals surface area contributed by atoms with E-state index in [0.717, 1.165) is 4.52 Å². The van der Waals surface area contributed by atoms with Crippen molar-refractivity contribution in [2.24, 2.45) is 0 Å². The van der Waals surface area contributed by atoms with Gasteiger partial charge in [-0.05, 0) is 19.1 Å². The summed E-state index contributed by atoms with van der Waals surface area (Å²) in [4.78, 5) is 7.16. The van der Waals surface area contributed by atoms with Gasteiger partial charge in [0, 0.05) is 11.8 Å². The Kier molecular flexibility index (Phi) is 3.19. The lowest BCUT2D eigenvalue weighted by Gasteiger charge is -2.08. The predicted octanol–water partition coefficient (Wildman–Crippen LogP) is 3.38. The van der Waals surface area contributed by atoms with Crippen LogP contribution in [-0.2, 0) is 6.18 Å². The molecule has 3 aromatic rings. The van der Waals surface area contributed by atoms with E-state index >= 15 is 0 Å². The fourth-order valence-electron chi connectivity index (χ4n) is 1.79. The van der Waals surface area contributed by atoms with Crippen LogP contribution in [0.25, 0.3) is 5.78 Å². The van der Waals surface area contributed by atoms with E-state index in [1.807, 2.05) is 0 Å². The average Bonchev–Trinajstić information content (AvgIpc) is 2.85. The number of benzene rings is 1. The van der Waals surface area contributed by atoms with E-state index in [1.165, 1.54) is 30.3 Å². The predicted molar refractivity (Wildman–Crippen MR) is 67.0 cm³/mol. The van der Waals surface area contributed by atoms with Crippen molar-refractivity contribution in [3.05, 3.63) is 47.7 Å². The summed E-state index contributed by atoms with van der Waals surface area (Å²) in [5.74, 6) is -2.53. The van der Waals surface area contributed by atoms with Gasteiger partial charge in [0.15, 0.2) is 11.6 Å². The number of fused-ring (bicyclic) bond motifs is 1. The number of halogens is 4. The minimum absolute atomic E-state index is 0.115. The van der Waals surface area contributed by atoms with Gasteiger partial charge in [0.1, 0.15) is 0 Å². The van der Waals surface area contributed by atoms with E-state index in [1.54, 1.807) is 6.92 Å². The number of para-hydroxylation sites is 1. The molecule has 0 aliphatic carbocycles. The molecule has 22 heavy (non-hydrogen) atoms. The smallest absolute Gasteiger partial charge is 0.436 e. The van der Waals surface area contributed by atoms with Crippen LogP contribution in [0.15, 0.2) is 30.3 Å². The Hall–Kier alpha value is -2.71. The number of hydrogen-bond acceptors (Lipinski definition) is 4. The van der Waals surface area contributed by atoms with Gasteiger partial charge in [0.2, 0.25) is 5.88 Å². The van der Waals surface area contributed by atoms with Crippen LogP contribution in [0.1, 0.15) is 11.5 Å². The van der Waals surface area contributed by atoms with Gasteiger partial charge in [-0.1, -0.05) is 12.1 Å². The summed E-state index contributed by atoms with van der Waals surface area (Å²) in [5, 5.41) is 3.32. The summed E-state index contributed by atoms with van der Waals surface area (Å²) in [6.07, 6.45) is -4.71. The van der Waals surface area contributed by atoms with E-state index in [0.29, 0.717) is 5.69 Å². The Morgan fingerprint density at radius 1 is 1.14 bits per heavy atom. The molecule has 9 heteroatoms. The molecule has 0 saturated heterocycles.